The van der Waals surface area contributed by atoms with Crippen LogP contribution in [0.3, 0.4) is 0 Å². The number of rotatable bonds is 5. The molecule has 1 fully saturated rings. The third kappa shape index (κ3) is 4.08. The fraction of sp³-hybridized carbons (Fsp3) is 0.179. The molecule has 7 rings (SSSR count). The molecule has 1 aliphatic heterocycles. The van der Waals surface area contributed by atoms with E-state index in [1.165, 1.54) is 0 Å². The van der Waals surface area contributed by atoms with Crippen molar-refractivity contribution >= 4 is 22.1 Å². The Morgan fingerprint density at radius 1 is 0.974 bits per heavy atom. The maximum absolute atomic E-state index is 13.6. The number of hydrogen-bond acceptors (Lipinski definition) is 6. The molecule has 6 aromatic heterocycles. The van der Waals surface area contributed by atoms with Crippen molar-refractivity contribution in [1.29, 1.82) is 0 Å². The monoisotopic (exact) mass is 508 g/mol. The summed E-state index contributed by atoms with van der Waals surface area (Å²) in [5.74, 6) is -2.62. The second-order valence-electron chi connectivity index (χ2n) is 9.58. The highest BCUT2D eigenvalue weighted by Gasteiger charge is 2.37. The van der Waals surface area contributed by atoms with Gasteiger partial charge in [0.25, 0.3) is 5.92 Å². The fourth-order valence-corrected chi connectivity index (χ4v) is 5.06. The van der Waals surface area contributed by atoms with Gasteiger partial charge in [-0.15, -0.1) is 0 Å². The Bertz CT molecular complexity index is 1780. The maximum Gasteiger partial charge on any atom is 0.261 e. The van der Waals surface area contributed by atoms with E-state index in [2.05, 4.69) is 30.1 Å². The summed E-state index contributed by atoms with van der Waals surface area (Å²) in [5.41, 5.74) is 7.96. The Balaban J connectivity index is 1.24. The van der Waals surface area contributed by atoms with Crippen LogP contribution in [0.4, 0.5) is 8.78 Å². The van der Waals surface area contributed by atoms with E-state index in [1.807, 2.05) is 48.5 Å². The van der Waals surface area contributed by atoms with E-state index in [0.29, 0.717) is 24.3 Å². The van der Waals surface area contributed by atoms with Gasteiger partial charge in [0, 0.05) is 60.8 Å². The second-order valence-corrected chi connectivity index (χ2v) is 9.58. The number of halogens is 2. The molecule has 1 saturated heterocycles. The van der Waals surface area contributed by atoms with E-state index in [0.717, 1.165) is 50.3 Å². The molecule has 7 heterocycles. The number of nitrogens with one attached hydrogen (secondary N) is 2. The molecule has 8 nitrogen and oxygen atoms in total. The standard InChI is InChI=1S/C28H22F2N8/c29-28(30)7-10-38(16-28)15-17-11-18(14-31-13-17)21-4-5-23-25(34-21)26(37-36-23)24-12-20-19(6-9-33-27(20)35-24)22-3-1-2-8-32-22/h1-6,8-9,11-14H,7,10,15-16H2,(H,33,35)(H,36,37). The van der Waals surface area contributed by atoms with Gasteiger partial charge in [-0.05, 0) is 48.0 Å². The molecule has 0 saturated carbocycles. The Morgan fingerprint density at radius 3 is 2.76 bits per heavy atom. The average Bonchev–Trinajstić information content (AvgIpc) is 3.64. The molecule has 0 bridgehead atoms. The molecule has 0 unspecified atom stereocenters. The minimum Gasteiger partial charge on any atom is -0.338 e. The van der Waals surface area contributed by atoms with Crippen LogP contribution in [0.15, 0.2) is 73.3 Å². The summed E-state index contributed by atoms with van der Waals surface area (Å²) >= 11 is 0. The second kappa shape index (κ2) is 8.77. The molecule has 10 heteroatoms. The summed E-state index contributed by atoms with van der Waals surface area (Å²) in [4.78, 5) is 23.4. The molecular weight excluding hydrogens is 486 g/mol. The summed E-state index contributed by atoms with van der Waals surface area (Å²) in [7, 11) is 0. The van der Waals surface area contributed by atoms with Crippen molar-refractivity contribution < 1.29 is 8.78 Å². The molecule has 0 radical (unpaired) electrons. The number of aromatic amines is 2. The lowest BCUT2D eigenvalue weighted by Crippen LogP contribution is -2.24. The number of fused-ring (bicyclic) bond motifs is 2. The zero-order chi connectivity index (χ0) is 25.7. The first-order valence-electron chi connectivity index (χ1n) is 12.3. The van der Waals surface area contributed by atoms with E-state index >= 15 is 0 Å². The van der Waals surface area contributed by atoms with Gasteiger partial charge in [-0.2, -0.15) is 5.10 Å². The van der Waals surface area contributed by atoms with E-state index in [4.69, 9.17) is 4.98 Å². The third-order valence-electron chi connectivity index (χ3n) is 6.88. The van der Waals surface area contributed by atoms with Crippen LogP contribution in [0, 0.1) is 0 Å². The molecular formula is C28H22F2N8. The number of nitrogens with zero attached hydrogens (tertiary/aromatic N) is 6. The molecule has 0 aliphatic carbocycles. The van der Waals surface area contributed by atoms with Crippen molar-refractivity contribution in [2.45, 2.75) is 18.9 Å². The molecule has 2 N–H and O–H groups in total. The van der Waals surface area contributed by atoms with Crippen LogP contribution in [-0.4, -0.2) is 59.0 Å². The van der Waals surface area contributed by atoms with Gasteiger partial charge >= 0.3 is 0 Å². The number of likely N-dealkylation sites (tertiary alicyclic amines) is 1. The van der Waals surface area contributed by atoms with Crippen molar-refractivity contribution in [3.8, 4) is 33.9 Å². The van der Waals surface area contributed by atoms with E-state index in [1.54, 1.807) is 29.7 Å². The van der Waals surface area contributed by atoms with Crippen molar-refractivity contribution in [3.63, 3.8) is 0 Å². The number of alkyl halides is 2. The van der Waals surface area contributed by atoms with Crippen LogP contribution in [0.1, 0.15) is 12.0 Å². The number of pyridine rings is 4. The minimum atomic E-state index is -2.62. The minimum absolute atomic E-state index is 0.103. The van der Waals surface area contributed by atoms with Gasteiger partial charge in [-0.25, -0.2) is 18.7 Å². The highest BCUT2D eigenvalue weighted by Crippen LogP contribution is 2.33. The first-order valence-corrected chi connectivity index (χ1v) is 12.3. The Morgan fingerprint density at radius 2 is 1.92 bits per heavy atom. The summed E-state index contributed by atoms with van der Waals surface area (Å²) in [5, 5.41) is 8.55. The van der Waals surface area contributed by atoms with Gasteiger partial charge in [-0.3, -0.25) is 20.0 Å². The van der Waals surface area contributed by atoms with Crippen molar-refractivity contribution in [2.24, 2.45) is 0 Å². The molecule has 188 valence electrons. The van der Waals surface area contributed by atoms with Gasteiger partial charge in [0.2, 0.25) is 0 Å². The lowest BCUT2D eigenvalue weighted by Gasteiger charge is -2.15. The van der Waals surface area contributed by atoms with E-state index < -0.39 is 5.92 Å². The van der Waals surface area contributed by atoms with Gasteiger partial charge in [-0.1, -0.05) is 6.07 Å². The molecule has 0 atom stereocenters. The summed E-state index contributed by atoms with van der Waals surface area (Å²) in [6.45, 7) is 0.582. The Hall–Kier alpha value is -4.57. The van der Waals surface area contributed by atoms with Gasteiger partial charge in [0.15, 0.2) is 0 Å². The molecule has 0 spiro atoms. The van der Waals surface area contributed by atoms with Crippen LogP contribution in [0.5, 0.6) is 0 Å². The maximum atomic E-state index is 13.6. The highest BCUT2D eigenvalue weighted by molar-refractivity contribution is 5.98. The normalized spacial score (nSPS) is 15.5. The van der Waals surface area contributed by atoms with Crippen LogP contribution in [-0.2, 0) is 6.54 Å². The van der Waals surface area contributed by atoms with Crippen molar-refractivity contribution in [3.05, 3.63) is 78.9 Å². The van der Waals surface area contributed by atoms with Crippen LogP contribution in [0.25, 0.3) is 56.0 Å². The quantitative estimate of drug-likeness (QED) is 0.321. The molecule has 38 heavy (non-hydrogen) atoms. The first kappa shape index (κ1) is 22.6. The topological polar surface area (TPSA) is 99.3 Å². The lowest BCUT2D eigenvalue weighted by atomic mass is 10.1. The predicted molar refractivity (Wildman–Crippen MR) is 140 cm³/mol. The Kier molecular flexibility index (Phi) is 5.22. The SMILES string of the molecule is FC1(F)CCN(Cc2cncc(-c3ccc4[nH]nc(-c5cc6c(-c7ccccn7)ccnc6[nH]5)c4n3)c2)C1. The summed E-state index contributed by atoms with van der Waals surface area (Å²) < 4.78 is 27.3. The fourth-order valence-electron chi connectivity index (χ4n) is 5.06. The number of H-pyrrole nitrogens is 2. The number of hydrogen-bond donors (Lipinski definition) is 2. The van der Waals surface area contributed by atoms with Gasteiger partial charge < -0.3 is 4.98 Å². The largest absolute Gasteiger partial charge is 0.338 e. The Labute approximate surface area is 215 Å². The van der Waals surface area contributed by atoms with Crippen LogP contribution in [0.2, 0.25) is 0 Å². The van der Waals surface area contributed by atoms with Crippen LogP contribution >= 0.6 is 0 Å². The zero-order valence-electron chi connectivity index (χ0n) is 20.2. The van der Waals surface area contributed by atoms with Gasteiger partial charge in [0.1, 0.15) is 16.9 Å². The predicted octanol–water partition coefficient (Wildman–Crippen LogP) is 5.47. The molecule has 0 amide bonds. The van der Waals surface area contributed by atoms with E-state index in [9.17, 15) is 8.78 Å². The number of aromatic nitrogens is 7. The van der Waals surface area contributed by atoms with Crippen LogP contribution < -0.4 is 0 Å². The van der Waals surface area contributed by atoms with Gasteiger partial charge in [0.05, 0.1) is 29.1 Å². The van der Waals surface area contributed by atoms with Crippen molar-refractivity contribution in [1.82, 2.24) is 40.0 Å². The smallest absolute Gasteiger partial charge is 0.261 e. The first-order chi connectivity index (χ1) is 18.5. The molecule has 0 aromatic carbocycles. The zero-order valence-corrected chi connectivity index (χ0v) is 20.2. The average molecular weight is 509 g/mol. The third-order valence-corrected chi connectivity index (χ3v) is 6.88. The molecule has 1 aliphatic rings. The van der Waals surface area contributed by atoms with Crippen molar-refractivity contribution in [2.75, 3.05) is 13.1 Å². The lowest BCUT2D eigenvalue weighted by molar-refractivity contribution is 0.0115. The highest BCUT2D eigenvalue weighted by atomic mass is 19.3. The summed E-state index contributed by atoms with van der Waals surface area (Å²) in [6.07, 6.45) is 6.88. The molecule has 6 aromatic rings. The van der Waals surface area contributed by atoms with E-state index in [-0.39, 0.29) is 13.0 Å². The summed E-state index contributed by atoms with van der Waals surface area (Å²) in [6, 6.07) is 15.6.